The van der Waals surface area contributed by atoms with Crippen LogP contribution in [0.25, 0.3) is 22.2 Å². The Kier molecular flexibility index (Phi) is 4.07. The molecule has 124 valence electrons. The van der Waals surface area contributed by atoms with Gasteiger partial charge in [-0.15, -0.1) is 0 Å². The maximum atomic E-state index is 11.0. The average Bonchev–Trinajstić information content (AvgIpc) is 2.89. The lowest BCUT2D eigenvalue weighted by atomic mass is 10.0. The van der Waals surface area contributed by atoms with Crippen molar-refractivity contribution < 1.29 is 19.4 Å². The number of pyridine rings is 1. The molecule has 7 heteroatoms. The van der Waals surface area contributed by atoms with Crippen LogP contribution in [-0.2, 0) is 11.3 Å². The largest absolute Gasteiger partial charge is 0.493 e. The van der Waals surface area contributed by atoms with Crippen LogP contribution in [0.15, 0.2) is 30.5 Å². The Hall–Kier alpha value is -3.09. The molecule has 7 nitrogen and oxygen atoms in total. The van der Waals surface area contributed by atoms with Gasteiger partial charge in [-0.25, -0.2) is 9.67 Å². The molecular formula is C17H17N3O4. The van der Waals surface area contributed by atoms with E-state index in [2.05, 4.69) is 10.1 Å². The highest BCUT2D eigenvalue weighted by Crippen LogP contribution is 2.35. The number of nitrogens with zero attached hydrogens (tertiary/aromatic N) is 3. The van der Waals surface area contributed by atoms with E-state index >= 15 is 0 Å². The normalized spacial score (nSPS) is 10.8. The van der Waals surface area contributed by atoms with E-state index in [-0.39, 0.29) is 6.54 Å². The monoisotopic (exact) mass is 327 g/mol. The number of ether oxygens (including phenoxy) is 2. The van der Waals surface area contributed by atoms with Crippen LogP contribution in [0.2, 0.25) is 0 Å². The second-order valence-electron chi connectivity index (χ2n) is 5.26. The van der Waals surface area contributed by atoms with E-state index in [9.17, 15) is 4.79 Å². The Morgan fingerprint density at radius 3 is 2.62 bits per heavy atom. The molecule has 0 aliphatic carbocycles. The number of aromatic nitrogens is 3. The smallest absolute Gasteiger partial charge is 0.325 e. The van der Waals surface area contributed by atoms with E-state index in [1.54, 1.807) is 20.4 Å². The third-order valence-electron chi connectivity index (χ3n) is 3.79. The van der Waals surface area contributed by atoms with Crippen molar-refractivity contribution in [1.29, 1.82) is 0 Å². The van der Waals surface area contributed by atoms with Crippen LogP contribution < -0.4 is 9.47 Å². The number of hydrogen-bond donors (Lipinski definition) is 1. The molecule has 0 aliphatic rings. The van der Waals surface area contributed by atoms with Gasteiger partial charge >= 0.3 is 5.97 Å². The van der Waals surface area contributed by atoms with Gasteiger partial charge in [0, 0.05) is 11.6 Å². The number of methoxy groups -OCH3 is 2. The van der Waals surface area contributed by atoms with Gasteiger partial charge in [0.15, 0.2) is 17.1 Å². The number of rotatable bonds is 5. The van der Waals surface area contributed by atoms with Crippen LogP contribution in [0.1, 0.15) is 5.69 Å². The van der Waals surface area contributed by atoms with Gasteiger partial charge in [-0.05, 0) is 36.2 Å². The van der Waals surface area contributed by atoms with Gasteiger partial charge in [-0.1, -0.05) is 6.07 Å². The Bertz CT molecular complexity index is 918. The number of aryl methyl sites for hydroxylation is 1. The summed E-state index contributed by atoms with van der Waals surface area (Å²) in [4.78, 5) is 15.3. The molecule has 0 bridgehead atoms. The summed E-state index contributed by atoms with van der Waals surface area (Å²) in [6, 6.07) is 7.51. The first kappa shape index (κ1) is 15.8. The molecule has 3 rings (SSSR count). The van der Waals surface area contributed by atoms with Crippen molar-refractivity contribution in [3.8, 4) is 22.6 Å². The van der Waals surface area contributed by atoms with Crippen molar-refractivity contribution in [2.75, 3.05) is 14.2 Å². The predicted octanol–water partition coefficient (Wildman–Crippen LogP) is 2.51. The first-order valence-corrected chi connectivity index (χ1v) is 7.31. The molecule has 2 heterocycles. The number of hydrogen-bond acceptors (Lipinski definition) is 5. The molecule has 0 atom stereocenters. The second-order valence-corrected chi connectivity index (χ2v) is 5.26. The topological polar surface area (TPSA) is 86.5 Å². The van der Waals surface area contributed by atoms with Crippen LogP contribution in [0.5, 0.6) is 11.5 Å². The summed E-state index contributed by atoms with van der Waals surface area (Å²) in [5.41, 5.74) is 3.10. The maximum Gasteiger partial charge on any atom is 0.325 e. The zero-order valence-electron chi connectivity index (χ0n) is 13.6. The fourth-order valence-electron chi connectivity index (χ4n) is 2.76. The van der Waals surface area contributed by atoms with Crippen LogP contribution in [0.4, 0.5) is 0 Å². The molecule has 24 heavy (non-hydrogen) atoms. The van der Waals surface area contributed by atoms with Crippen molar-refractivity contribution in [2.24, 2.45) is 0 Å². The van der Waals surface area contributed by atoms with Crippen LogP contribution in [0, 0.1) is 6.92 Å². The van der Waals surface area contributed by atoms with Gasteiger partial charge in [0.1, 0.15) is 6.54 Å². The first-order chi connectivity index (χ1) is 11.5. The molecule has 0 saturated heterocycles. The predicted molar refractivity (Wildman–Crippen MR) is 88.4 cm³/mol. The molecule has 1 aromatic carbocycles. The SMILES string of the molecule is COc1ccc(-c2ccnc3c2c(C)nn3CC(=O)O)cc1OC. The van der Waals surface area contributed by atoms with Crippen LogP contribution >= 0.6 is 0 Å². The van der Waals surface area contributed by atoms with E-state index in [1.807, 2.05) is 31.2 Å². The molecular weight excluding hydrogens is 310 g/mol. The molecule has 0 saturated carbocycles. The Morgan fingerprint density at radius 2 is 1.96 bits per heavy atom. The average molecular weight is 327 g/mol. The van der Waals surface area contributed by atoms with Gasteiger partial charge in [-0.3, -0.25) is 4.79 Å². The van der Waals surface area contributed by atoms with E-state index in [0.717, 1.165) is 22.2 Å². The fourth-order valence-corrected chi connectivity index (χ4v) is 2.76. The maximum absolute atomic E-state index is 11.0. The lowest BCUT2D eigenvalue weighted by Crippen LogP contribution is -2.10. The van der Waals surface area contributed by atoms with E-state index in [1.165, 1.54) is 4.68 Å². The fraction of sp³-hybridized carbons (Fsp3) is 0.235. The van der Waals surface area contributed by atoms with Crippen LogP contribution in [0.3, 0.4) is 0 Å². The quantitative estimate of drug-likeness (QED) is 0.775. The highest BCUT2D eigenvalue weighted by atomic mass is 16.5. The lowest BCUT2D eigenvalue weighted by Gasteiger charge is -2.10. The summed E-state index contributed by atoms with van der Waals surface area (Å²) in [6.07, 6.45) is 1.65. The molecule has 3 aromatic rings. The van der Waals surface area contributed by atoms with Crippen molar-refractivity contribution in [3.05, 3.63) is 36.2 Å². The number of fused-ring (bicyclic) bond motifs is 1. The molecule has 0 unspecified atom stereocenters. The van der Waals surface area contributed by atoms with Gasteiger partial charge < -0.3 is 14.6 Å². The zero-order valence-corrected chi connectivity index (χ0v) is 13.6. The van der Waals surface area contributed by atoms with Crippen molar-refractivity contribution in [3.63, 3.8) is 0 Å². The molecule has 2 aromatic heterocycles. The summed E-state index contributed by atoms with van der Waals surface area (Å²) >= 11 is 0. The second kappa shape index (κ2) is 6.19. The minimum atomic E-state index is -0.960. The number of benzene rings is 1. The minimum Gasteiger partial charge on any atom is -0.493 e. The van der Waals surface area contributed by atoms with E-state index < -0.39 is 5.97 Å². The third kappa shape index (κ3) is 2.64. The summed E-state index contributed by atoms with van der Waals surface area (Å²) in [5.74, 6) is 0.304. The summed E-state index contributed by atoms with van der Waals surface area (Å²) in [7, 11) is 3.17. The summed E-state index contributed by atoms with van der Waals surface area (Å²) in [5, 5.41) is 14.2. The summed E-state index contributed by atoms with van der Waals surface area (Å²) < 4.78 is 12.0. The van der Waals surface area contributed by atoms with E-state index in [0.29, 0.717) is 17.1 Å². The number of carbonyl (C=O) groups is 1. The molecule has 0 amide bonds. The van der Waals surface area contributed by atoms with Gasteiger partial charge in [0.2, 0.25) is 0 Å². The van der Waals surface area contributed by atoms with E-state index in [4.69, 9.17) is 14.6 Å². The molecule has 1 N–H and O–H groups in total. The number of carboxylic acids is 1. The number of aliphatic carboxylic acids is 1. The van der Waals surface area contributed by atoms with Crippen molar-refractivity contribution in [2.45, 2.75) is 13.5 Å². The highest BCUT2D eigenvalue weighted by molar-refractivity contribution is 5.95. The zero-order chi connectivity index (χ0) is 17.3. The van der Waals surface area contributed by atoms with Gasteiger partial charge in [-0.2, -0.15) is 5.10 Å². The van der Waals surface area contributed by atoms with Gasteiger partial charge in [0.25, 0.3) is 0 Å². The molecule has 0 aliphatic heterocycles. The highest BCUT2D eigenvalue weighted by Gasteiger charge is 2.16. The number of carboxylic acid groups (broad SMARTS) is 1. The van der Waals surface area contributed by atoms with Crippen molar-refractivity contribution in [1.82, 2.24) is 14.8 Å². The summed E-state index contributed by atoms with van der Waals surface area (Å²) in [6.45, 7) is 1.61. The Labute approximate surface area is 138 Å². The first-order valence-electron chi connectivity index (χ1n) is 7.31. The minimum absolute atomic E-state index is 0.229. The Morgan fingerprint density at radius 1 is 1.21 bits per heavy atom. The third-order valence-corrected chi connectivity index (χ3v) is 3.79. The van der Waals surface area contributed by atoms with Crippen molar-refractivity contribution >= 4 is 17.0 Å². The molecule has 0 spiro atoms. The standard InChI is InChI=1S/C17H17N3O4/c1-10-16-12(11-4-5-13(23-2)14(8-11)24-3)6-7-18-17(16)20(19-10)9-15(21)22/h4-8H,9H2,1-3H3,(H,21,22). The Balaban J connectivity index is 2.20. The molecule has 0 fully saturated rings. The van der Waals surface area contributed by atoms with Gasteiger partial charge in [0.05, 0.1) is 19.9 Å². The van der Waals surface area contributed by atoms with Crippen LogP contribution in [-0.4, -0.2) is 40.1 Å². The molecule has 0 radical (unpaired) electrons. The lowest BCUT2D eigenvalue weighted by molar-refractivity contribution is -0.137.